The Morgan fingerprint density at radius 2 is 2.06 bits per heavy atom. The first-order valence-corrected chi connectivity index (χ1v) is 6.04. The molecule has 4 nitrogen and oxygen atoms in total. The van der Waals surface area contributed by atoms with Crippen molar-refractivity contribution >= 4 is 30.5 Å². The number of rotatable bonds is 8. The number of nitrogens with zero attached hydrogens (tertiary/aromatic N) is 1. The molecule has 0 saturated carbocycles. The Hall–Kier alpha value is -1.55. The van der Waals surface area contributed by atoms with Crippen LogP contribution in [-0.4, -0.2) is 23.8 Å². The topological polar surface area (TPSA) is 64.1 Å². The van der Waals surface area contributed by atoms with Crippen molar-refractivity contribution in [2.45, 2.75) is 25.2 Å². The quantitative estimate of drug-likeness (QED) is 0.678. The van der Waals surface area contributed by atoms with Gasteiger partial charge < -0.3 is 14.4 Å². The summed E-state index contributed by atoms with van der Waals surface area (Å²) in [7, 11) is 0. The highest BCUT2D eigenvalue weighted by Gasteiger charge is 2.18. The van der Waals surface area contributed by atoms with Gasteiger partial charge in [0.2, 0.25) is 0 Å². The molecule has 0 N–H and O–H groups in total. The standard InChI is InChI=1S/C13H14ClNO3/c14-12-3-4-15-13(7-12)11(9-18)6-10(8-17)2-1-5-16/h3-5,7-11H,1-2,6H2. The SMILES string of the molecule is O=CCCC(C=O)CC(C=O)c1cc(Cl)ccn1. The van der Waals surface area contributed by atoms with Gasteiger partial charge in [0.25, 0.3) is 0 Å². The number of pyridine rings is 1. The second kappa shape index (κ2) is 7.71. The molecular formula is C13H14ClNO3. The number of aromatic nitrogens is 1. The second-order valence-corrected chi connectivity index (χ2v) is 4.45. The average Bonchev–Trinajstić information content (AvgIpc) is 2.39. The van der Waals surface area contributed by atoms with Crippen molar-refractivity contribution in [3.63, 3.8) is 0 Å². The van der Waals surface area contributed by atoms with Crippen LogP contribution in [0.25, 0.3) is 0 Å². The fraction of sp³-hybridized carbons (Fsp3) is 0.385. The summed E-state index contributed by atoms with van der Waals surface area (Å²) in [5, 5.41) is 0.502. The Balaban J connectivity index is 2.74. The summed E-state index contributed by atoms with van der Waals surface area (Å²) >= 11 is 5.83. The molecule has 1 rings (SSSR count). The van der Waals surface area contributed by atoms with Gasteiger partial charge in [-0.2, -0.15) is 0 Å². The molecule has 1 heterocycles. The van der Waals surface area contributed by atoms with Gasteiger partial charge in [0, 0.05) is 23.6 Å². The lowest BCUT2D eigenvalue weighted by Crippen LogP contribution is -2.11. The lowest BCUT2D eigenvalue weighted by Gasteiger charge is -2.14. The van der Waals surface area contributed by atoms with Gasteiger partial charge in [-0.25, -0.2) is 0 Å². The molecular weight excluding hydrogens is 254 g/mol. The zero-order valence-electron chi connectivity index (χ0n) is 9.79. The summed E-state index contributed by atoms with van der Waals surface area (Å²) in [6.45, 7) is 0. The van der Waals surface area contributed by atoms with Crippen molar-refractivity contribution < 1.29 is 14.4 Å². The monoisotopic (exact) mass is 267 g/mol. The van der Waals surface area contributed by atoms with E-state index in [9.17, 15) is 14.4 Å². The average molecular weight is 268 g/mol. The maximum Gasteiger partial charge on any atom is 0.129 e. The number of halogens is 1. The van der Waals surface area contributed by atoms with Crippen LogP contribution in [0.2, 0.25) is 5.02 Å². The number of carbonyl (C=O) groups is 3. The highest BCUT2D eigenvalue weighted by molar-refractivity contribution is 6.30. The normalized spacial score (nSPS) is 13.6. The minimum Gasteiger partial charge on any atom is -0.303 e. The smallest absolute Gasteiger partial charge is 0.129 e. The van der Waals surface area contributed by atoms with E-state index < -0.39 is 5.92 Å². The molecule has 0 aliphatic rings. The Kier molecular flexibility index (Phi) is 6.22. The van der Waals surface area contributed by atoms with E-state index in [-0.39, 0.29) is 5.92 Å². The molecule has 1 aromatic rings. The van der Waals surface area contributed by atoms with E-state index in [1.165, 1.54) is 6.20 Å². The van der Waals surface area contributed by atoms with Crippen LogP contribution in [0.5, 0.6) is 0 Å². The predicted molar refractivity (Wildman–Crippen MR) is 67.5 cm³/mol. The van der Waals surface area contributed by atoms with Gasteiger partial charge in [0.05, 0.1) is 11.6 Å². The third kappa shape index (κ3) is 4.37. The zero-order chi connectivity index (χ0) is 13.4. The third-order valence-electron chi connectivity index (χ3n) is 2.69. The molecule has 96 valence electrons. The van der Waals surface area contributed by atoms with E-state index in [0.717, 1.165) is 18.9 Å². The molecule has 18 heavy (non-hydrogen) atoms. The Morgan fingerprint density at radius 1 is 1.28 bits per heavy atom. The van der Waals surface area contributed by atoms with Crippen LogP contribution in [0.15, 0.2) is 18.3 Å². The molecule has 0 bridgehead atoms. The van der Waals surface area contributed by atoms with E-state index >= 15 is 0 Å². The molecule has 0 saturated heterocycles. The first-order valence-electron chi connectivity index (χ1n) is 5.67. The molecule has 1 aromatic heterocycles. The molecule has 0 aromatic carbocycles. The van der Waals surface area contributed by atoms with Crippen LogP contribution in [0.4, 0.5) is 0 Å². The van der Waals surface area contributed by atoms with E-state index in [4.69, 9.17) is 11.6 Å². The summed E-state index contributed by atoms with van der Waals surface area (Å²) in [5.41, 5.74) is 0.551. The maximum absolute atomic E-state index is 11.1. The van der Waals surface area contributed by atoms with E-state index in [2.05, 4.69) is 4.98 Å². The van der Waals surface area contributed by atoms with Crippen molar-refractivity contribution in [1.82, 2.24) is 4.98 Å². The largest absolute Gasteiger partial charge is 0.303 e. The molecule has 0 aliphatic carbocycles. The van der Waals surface area contributed by atoms with Crippen LogP contribution < -0.4 is 0 Å². The summed E-state index contributed by atoms with van der Waals surface area (Å²) in [6, 6.07) is 3.23. The van der Waals surface area contributed by atoms with Crippen molar-refractivity contribution in [3.8, 4) is 0 Å². The van der Waals surface area contributed by atoms with Crippen LogP contribution in [0, 0.1) is 5.92 Å². The molecule has 5 heteroatoms. The van der Waals surface area contributed by atoms with Crippen LogP contribution >= 0.6 is 11.6 Å². The number of aldehydes is 3. The van der Waals surface area contributed by atoms with Gasteiger partial charge in [-0.1, -0.05) is 11.6 Å². The molecule has 0 amide bonds. The first kappa shape index (κ1) is 14.5. The molecule has 0 radical (unpaired) electrons. The van der Waals surface area contributed by atoms with Gasteiger partial charge in [0.1, 0.15) is 18.9 Å². The van der Waals surface area contributed by atoms with Gasteiger partial charge in [-0.05, 0) is 25.0 Å². The highest BCUT2D eigenvalue weighted by Crippen LogP contribution is 2.23. The van der Waals surface area contributed by atoms with E-state index in [1.54, 1.807) is 12.1 Å². The Labute approximate surface area is 110 Å². The predicted octanol–water partition coefficient (Wildman–Crippen LogP) is 2.20. The zero-order valence-corrected chi connectivity index (χ0v) is 10.5. The molecule has 0 fully saturated rings. The van der Waals surface area contributed by atoms with Gasteiger partial charge in [-0.3, -0.25) is 4.98 Å². The minimum absolute atomic E-state index is 0.314. The fourth-order valence-corrected chi connectivity index (χ4v) is 1.89. The van der Waals surface area contributed by atoms with Crippen LogP contribution in [0.1, 0.15) is 30.9 Å². The summed E-state index contributed by atoms with van der Waals surface area (Å²) in [6.07, 6.45) is 4.96. The number of hydrogen-bond acceptors (Lipinski definition) is 4. The second-order valence-electron chi connectivity index (χ2n) is 4.02. The van der Waals surface area contributed by atoms with E-state index in [1.807, 2.05) is 0 Å². The third-order valence-corrected chi connectivity index (χ3v) is 2.93. The van der Waals surface area contributed by atoms with Gasteiger partial charge >= 0.3 is 0 Å². The fourth-order valence-electron chi connectivity index (χ4n) is 1.72. The minimum atomic E-state index is -0.467. The van der Waals surface area contributed by atoms with Crippen molar-refractivity contribution in [2.75, 3.05) is 0 Å². The van der Waals surface area contributed by atoms with Crippen molar-refractivity contribution in [3.05, 3.63) is 29.0 Å². The van der Waals surface area contributed by atoms with Crippen molar-refractivity contribution in [2.24, 2.45) is 5.92 Å². The molecule has 2 unspecified atom stereocenters. The lowest BCUT2D eigenvalue weighted by atomic mass is 9.91. The van der Waals surface area contributed by atoms with Crippen LogP contribution in [0.3, 0.4) is 0 Å². The van der Waals surface area contributed by atoms with Crippen molar-refractivity contribution in [1.29, 1.82) is 0 Å². The van der Waals surface area contributed by atoms with E-state index in [0.29, 0.717) is 30.0 Å². The molecule has 0 spiro atoms. The van der Waals surface area contributed by atoms with Gasteiger partial charge in [0.15, 0.2) is 0 Å². The number of carbonyl (C=O) groups excluding carboxylic acids is 3. The highest BCUT2D eigenvalue weighted by atomic mass is 35.5. The summed E-state index contributed by atoms with van der Waals surface area (Å²) in [5.74, 6) is -0.781. The Bertz CT molecular complexity index is 422. The Morgan fingerprint density at radius 3 is 2.61 bits per heavy atom. The molecule has 2 atom stereocenters. The maximum atomic E-state index is 11.1. The summed E-state index contributed by atoms with van der Waals surface area (Å²) in [4.78, 5) is 36.3. The first-order chi connectivity index (χ1) is 8.71. The summed E-state index contributed by atoms with van der Waals surface area (Å²) < 4.78 is 0. The lowest BCUT2D eigenvalue weighted by molar-refractivity contribution is -0.112. The van der Waals surface area contributed by atoms with Gasteiger partial charge in [-0.15, -0.1) is 0 Å². The van der Waals surface area contributed by atoms with Crippen LogP contribution in [-0.2, 0) is 14.4 Å². The number of hydrogen-bond donors (Lipinski definition) is 0. The molecule has 0 aliphatic heterocycles.